The Morgan fingerprint density at radius 2 is 0.819 bits per heavy atom. The van der Waals surface area contributed by atoms with Crippen molar-refractivity contribution in [3.63, 3.8) is 0 Å². The van der Waals surface area contributed by atoms with Gasteiger partial charge in [0.1, 0.15) is 34.5 Å². The summed E-state index contributed by atoms with van der Waals surface area (Å²) in [4.78, 5) is 73.0. The van der Waals surface area contributed by atoms with Gasteiger partial charge >= 0.3 is 68.2 Å². The minimum atomic E-state index is -1.50. The number of carboxylic acid groups (broad SMARTS) is 4. The van der Waals surface area contributed by atoms with Crippen LogP contribution in [0.4, 0.5) is 0 Å². The number of hydrogen-bond acceptors (Lipinski definition) is 20. The molecule has 2 aromatic heterocycles. The second kappa shape index (κ2) is 32.9. The summed E-state index contributed by atoms with van der Waals surface area (Å²) in [6.45, 7) is -2.08. The largest absolute Gasteiger partial charge is 3.00 e. The number of aliphatic carboxylic acids is 4. The summed E-state index contributed by atoms with van der Waals surface area (Å²) < 4.78 is 34.5. The van der Waals surface area contributed by atoms with E-state index in [1.807, 2.05) is 22.6 Å². The summed E-state index contributed by atoms with van der Waals surface area (Å²) in [6, 6.07) is 13.6. The van der Waals surface area contributed by atoms with Gasteiger partial charge in [-0.1, -0.05) is 35.4 Å². The van der Waals surface area contributed by atoms with E-state index in [0.717, 1.165) is 29.1 Å². The van der Waals surface area contributed by atoms with Gasteiger partial charge in [-0.25, -0.2) is 0 Å². The van der Waals surface area contributed by atoms with Crippen LogP contribution in [0.5, 0.6) is 34.5 Å². The van der Waals surface area contributed by atoms with Crippen molar-refractivity contribution in [2.24, 2.45) is 0 Å². The molecule has 0 aliphatic rings. The number of nitrogens with one attached hydrogen (secondary N) is 1. The molecule has 2 heterocycles. The fraction of sp³-hybridized carbons (Fsp3) is 0.438. The number of benzene rings is 2. The summed E-state index contributed by atoms with van der Waals surface area (Å²) >= 11 is 2.00. The molecule has 1 amide bonds. The first-order valence-corrected chi connectivity index (χ1v) is 23.4. The van der Waals surface area contributed by atoms with E-state index < -0.39 is 50.1 Å². The molecule has 0 saturated heterocycles. The van der Waals surface area contributed by atoms with Gasteiger partial charge in [-0.05, 0) is 54.8 Å². The van der Waals surface area contributed by atoms with E-state index in [4.69, 9.17) is 38.4 Å². The molecule has 24 heteroatoms. The topological polar surface area (TPSA) is 280 Å². The van der Waals surface area contributed by atoms with Gasteiger partial charge in [0.2, 0.25) is 5.91 Å². The standard InChI is InChI=1S/C48H61IN6O15.Na.Tb/c1-65-36-17-38(67-3)47(39(18-36)68-4)30-13-32(51-34(15-30)24-54(26-43(57)58)27-44(59)60)22-53(12-10-8-7-9-11-50-42(56)21-49)23-33-14-31(48-40(69-5)19-37(66-2)20-41(48)70-6)16-35(52-33)25-55(28-45(61)62)29-46(63)64;;/h13-20H,7-12,21-29H2,1-6H3,(H,50,56)(H,57,58)(H,59,60)(H,61,62)(H,63,64);;/q;+1;+3/p-4. The van der Waals surface area contributed by atoms with Crippen LogP contribution in [0.15, 0.2) is 48.5 Å². The molecule has 4 aromatic rings. The number of unbranched alkanes of at least 4 members (excludes halogenated alkanes) is 3. The van der Waals surface area contributed by atoms with Gasteiger partial charge in [-0.3, -0.25) is 29.5 Å². The van der Waals surface area contributed by atoms with Crippen molar-refractivity contribution in [3.8, 4) is 56.8 Å². The summed E-state index contributed by atoms with van der Waals surface area (Å²) in [5.41, 5.74) is 3.61. The fourth-order valence-electron chi connectivity index (χ4n) is 7.78. The molecule has 0 aliphatic heterocycles. The molecule has 0 bridgehead atoms. The first-order chi connectivity index (χ1) is 33.5. The fourth-order valence-corrected chi connectivity index (χ4v) is 8.05. The molecule has 386 valence electrons. The normalized spacial score (nSPS) is 10.8. The van der Waals surface area contributed by atoms with Crippen molar-refractivity contribution >= 4 is 52.4 Å². The molecule has 0 radical (unpaired) electrons. The van der Waals surface area contributed by atoms with Crippen LogP contribution in [-0.2, 0) is 50.2 Å². The SMILES string of the molecule is COc1cc(OC)c(-c2cc(CN(CC(=O)[O-])CC(=O)[O-])nc(CN(CCCCCCNC(=O)CI)Cc3cc(-c4c(OC)cc(OC)cc4OC)cc(CN(CC(=O)[O-])CC(=O)[O-])n3)c2)c(OC)c1.[Na+].[Tb+3]. The molecule has 0 saturated carbocycles. The molecule has 4 rings (SSSR count). The minimum absolute atomic E-state index is 0. The van der Waals surface area contributed by atoms with Crippen molar-refractivity contribution in [1.82, 2.24) is 30.0 Å². The summed E-state index contributed by atoms with van der Waals surface area (Å²) in [7, 11) is 8.89. The van der Waals surface area contributed by atoms with Gasteiger partial charge in [0.15, 0.2) is 0 Å². The van der Waals surface area contributed by atoms with Crippen LogP contribution in [-0.4, -0.2) is 141 Å². The molecular weight excluding hydrogens is 1210 g/mol. The van der Waals surface area contributed by atoms with Crippen LogP contribution in [0.1, 0.15) is 48.5 Å². The number of carboxylic acids is 4. The minimum Gasteiger partial charge on any atom is -0.549 e. The molecule has 0 spiro atoms. The number of carbonyl (C=O) groups excluding carboxylic acids is 5. The summed E-state index contributed by atoms with van der Waals surface area (Å²) in [6.07, 6.45) is 3.01. The number of pyridine rings is 2. The van der Waals surface area contributed by atoms with Crippen molar-refractivity contribution < 1.29 is 141 Å². The summed E-state index contributed by atoms with van der Waals surface area (Å²) in [5, 5.41) is 49.9. The third-order valence-electron chi connectivity index (χ3n) is 10.7. The summed E-state index contributed by atoms with van der Waals surface area (Å²) in [5.74, 6) is -3.68. The maximum absolute atomic E-state index is 11.8. The van der Waals surface area contributed by atoms with Crippen molar-refractivity contribution in [1.29, 1.82) is 0 Å². The Balaban J connectivity index is 0.00000888. The quantitative estimate of drug-likeness (QED) is 0.0216. The molecule has 72 heavy (non-hydrogen) atoms. The molecule has 21 nitrogen and oxygen atoms in total. The van der Waals surface area contributed by atoms with E-state index in [-0.39, 0.29) is 100 Å². The van der Waals surface area contributed by atoms with Crippen molar-refractivity contribution in [3.05, 3.63) is 71.3 Å². The number of methoxy groups -OCH3 is 6. The third kappa shape index (κ3) is 20.6. The average molecular weight is 1270 g/mol. The van der Waals surface area contributed by atoms with Gasteiger partial charge < -0.3 is 73.3 Å². The van der Waals surface area contributed by atoms with Crippen LogP contribution >= 0.6 is 22.6 Å². The van der Waals surface area contributed by atoms with E-state index in [1.54, 1.807) is 48.5 Å². The number of alkyl halides is 1. The number of aromatic nitrogens is 2. The predicted molar refractivity (Wildman–Crippen MR) is 254 cm³/mol. The number of amides is 1. The van der Waals surface area contributed by atoms with E-state index in [1.165, 1.54) is 42.7 Å². The average Bonchev–Trinajstić information content (AvgIpc) is 3.31. The number of nitrogens with zero attached hydrogens (tertiary/aromatic N) is 5. The first-order valence-electron chi connectivity index (χ1n) is 21.9. The number of carbonyl (C=O) groups is 5. The predicted octanol–water partition coefficient (Wildman–Crippen LogP) is -3.42. The van der Waals surface area contributed by atoms with Gasteiger partial charge in [0.05, 0.1) is 105 Å². The third-order valence-corrected chi connectivity index (χ3v) is 11.4. The number of hydrogen-bond donors (Lipinski definition) is 1. The molecule has 0 atom stereocenters. The number of ether oxygens (including phenoxy) is 6. The smallest absolute Gasteiger partial charge is 0.549 e. The van der Waals surface area contributed by atoms with Crippen LogP contribution in [0, 0.1) is 38.6 Å². The first kappa shape index (κ1) is 63.9. The number of rotatable bonds is 32. The van der Waals surface area contributed by atoms with Gasteiger partial charge in [-0.2, -0.15) is 0 Å². The van der Waals surface area contributed by atoms with Gasteiger partial charge in [0, 0.05) is 83.2 Å². The zero-order valence-corrected chi connectivity index (χ0v) is 47.6. The molecule has 0 aliphatic carbocycles. The Hall–Kier alpha value is -4.21. The Morgan fingerprint density at radius 3 is 1.11 bits per heavy atom. The monoisotopic (exact) mass is 1270 g/mol. The molecule has 0 fully saturated rings. The van der Waals surface area contributed by atoms with Crippen molar-refractivity contribution in [2.45, 2.75) is 51.9 Å². The van der Waals surface area contributed by atoms with Crippen LogP contribution in [0.25, 0.3) is 22.3 Å². The van der Waals surface area contributed by atoms with Crippen LogP contribution in [0.2, 0.25) is 0 Å². The zero-order chi connectivity index (χ0) is 51.3. The van der Waals surface area contributed by atoms with E-state index in [0.29, 0.717) is 103 Å². The van der Waals surface area contributed by atoms with E-state index in [2.05, 4.69) is 10.2 Å². The molecule has 2 aromatic carbocycles. The Morgan fingerprint density at radius 1 is 0.500 bits per heavy atom. The molecular formula is C48H57IN6NaO15Tb. The second-order valence-electron chi connectivity index (χ2n) is 15.9. The van der Waals surface area contributed by atoms with Crippen molar-refractivity contribution in [2.75, 3.05) is 86.4 Å². The second-order valence-corrected chi connectivity index (χ2v) is 16.6. The van der Waals surface area contributed by atoms with Gasteiger partial charge in [-0.15, -0.1) is 0 Å². The van der Waals surface area contributed by atoms with Crippen LogP contribution < -0.4 is 83.7 Å². The van der Waals surface area contributed by atoms with Gasteiger partial charge in [0.25, 0.3) is 0 Å². The van der Waals surface area contributed by atoms with Crippen LogP contribution in [0.3, 0.4) is 0 Å². The molecule has 0 unspecified atom stereocenters. The Bertz CT molecular complexity index is 2220. The number of halogens is 1. The van der Waals surface area contributed by atoms with E-state index in [9.17, 15) is 44.4 Å². The maximum Gasteiger partial charge on any atom is 3.00 e. The molecule has 1 N–H and O–H groups in total. The maximum atomic E-state index is 11.8. The Kier molecular flexibility index (Phi) is 29.2. The zero-order valence-electron chi connectivity index (χ0n) is 41.3. The van der Waals surface area contributed by atoms with E-state index >= 15 is 0 Å². The Labute approximate surface area is 485 Å².